The summed E-state index contributed by atoms with van der Waals surface area (Å²) in [6.07, 6.45) is 4.34. The van der Waals surface area contributed by atoms with Gasteiger partial charge in [0, 0.05) is 12.1 Å². The molecule has 2 N–H and O–H groups in total. The van der Waals surface area contributed by atoms with Gasteiger partial charge in [0.25, 0.3) is 0 Å². The summed E-state index contributed by atoms with van der Waals surface area (Å²) >= 11 is 6.03. The van der Waals surface area contributed by atoms with Gasteiger partial charge in [0.1, 0.15) is 11.5 Å². The normalized spacial score (nSPS) is 20.0. The van der Waals surface area contributed by atoms with E-state index in [1.54, 1.807) is 12.1 Å². The number of carbonyl (C=O) groups excluding carboxylic acids is 1. The average Bonchev–Trinajstić information content (AvgIpc) is 2.55. The Morgan fingerprint density at radius 3 is 2.30 bits per heavy atom. The molecule has 0 spiro atoms. The van der Waals surface area contributed by atoms with Crippen molar-refractivity contribution >= 4 is 29.2 Å². The van der Waals surface area contributed by atoms with Crippen LogP contribution in [-0.2, 0) is 9.59 Å². The molecule has 0 bridgehead atoms. The zero-order valence-electron chi connectivity index (χ0n) is 12.8. The standard InChI is InChI=1S/C16H18ClNO5/c1-22-13-8-12(14(23-2)7-11(13)17)18-15(19)9-5-3-4-6-10(9)16(20)21/h3-4,7-10H,5-6H2,1-2H3,(H,18,19)(H,20,21)/t9-,10+/m1/s1. The van der Waals surface area contributed by atoms with Crippen molar-refractivity contribution in [1.29, 1.82) is 0 Å². The molecule has 2 rings (SSSR count). The van der Waals surface area contributed by atoms with Crippen molar-refractivity contribution in [3.63, 3.8) is 0 Å². The minimum absolute atomic E-state index is 0.342. The van der Waals surface area contributed by atoms with Crippen molar-refractivity contribution in [3.05, 3.63) is 29.3 Å². The number of allylic oxidation sites excluding steroid dienone is 2. The number of ether oxygens (including phenoxy) is 2. The number of rotatable bonds is 5. The summed E-state index contributed by atoms with van der Waals surface area (Å²) < 4.78 is 10.3. The first-order chi connectivity index (χ1) is 11.0. The van der Waals surface area contributed by atoms with Crippen LogP contribution >= 0.6 is 11.6 Å². The Hall–Kier alpha value is -2.21. The molecular formula is C16H18ClNO5. The molecule has 1 aliphatic rings. The zero-order chi connectivity index (χ0) is 17.0. The van der Waals surface area contributed by atoms with Crippen molar-refractivity contribution in [3.8, 4) is 11.5 Å². The second-order valence-electron chi connectivity index (χ2n) is 5.17. The number of halogens is 1. The summed E-state index contributed by atoms with van der Waals surface area (Å²) in [5, 5.41) is 12.3. The molecule has 0 radical (unpaired) electrons. The van der Waals surface area contributed by atoms with E-state index in [1.165, 1.54) is 20.3 Å². The van der Waals surface area contributed by atoms with Crippen LogP contribution in [0.3, 0.4) is 0 Å². The van der Waals surface area contributed by atoms with Gasteiger partial charge >= 0.3 is 5.97 Å². The highest BCUT2D eigenvalue weighted by Gasteiger charge is 2.34. The summed E-state index contributed by atoms with van der Waals surface area (Å²) in [5.41, 5.74) is 0.387. The van der Waals surface area contributed by atoms with Gasteiger partial charge in [-0.05, 0) is 12.8 Å². The molecule has 0 unspecified atom stereocenters. The van der Waals surface area contributed by atoms with Gasteiger partial charge in [-0.2, -0.15) is 0 Å². The van der Waals surface area contributed by atoms with Gasteiger partial charge in [-0.15, -0.1) is 0 Å². The molecule has 0 aromatic heterocycles. The van der Waals surface area contributed by atoms with E-state index in [2.05, 4.69) is 5.32 Å². The third kappa shape index (κ3) is 3.76. The van der Waals surface area contributed by atoms with Crippen LogP contribution in [0.1, 0.15) is 12.8 Å². The van der Waals surface area contributed by atoms with E-state index in [9.17, 15) is 14.7 Å². The van der Waals surface area contributed by atoms with E-state index in [0.29, 0.717) is 35.1 Å². The van der Waals surface area contributed by atoms with Crippen LogP contribution in [0.2, 0.25) is 5.02 Å². The number of hydrogen-bond acceptors (Lipinski definition) is 4. The largest absolute Gasteiger partial charge is 0.495 e. The molecule has 0 saturated carbocycles. The number of benzene rings is 1. The van der Waals surface area contributed by atoms with Crippen LogP contribution in [0.25, 0.3) is 0 Å². The fourth-order valence-electron chi connectivity index (χ4n) is 2.56. The summed E-state index contributed by atoms with van der Waals surface area (Å²) in [6, 6.07) is 3.08. The van der Waals surface area contributed by atoms with Crippen LogP contribution in [0.5, 0.6) is 11.5 Å². The van der Waals surface area contributed by atoms with E-state index in [1.807, 2.05) is 6.08 Å². The van der Waals surface area contributed by atoms with E-state index in [0.717, 1.165) is 0 Å². The minimum Gasteiger partial charge on any atom is -0.495 e. The third-order valence-corrected chi connectivity index (χ3v) is 4.11. The first-order valence-electron chi connectivity index (χ1n) is 7.08. The number of amides is 1. The van der Waals surface area contributed by atoms with Gasteiger partial charge in [-0.25, -0.2) is 0 Å². The molecule has 0 saturated heterocycles. The number of carbonyl (C=O) groups is 2. The van der Waals surface area contributed by atoms with Crippen molar-refractivity contribution in [2.75, 3.05) is 19.5 Å². The molecule has 23 heavy (non-hydrogen) atoms. The van der Waals surface area contributed by atoms with Crippen LogP contribution in [0, 0.1) is 11.8 Å². The van der Waals surface area contributed by atoms with Gasteiger partial charge in [0.05, 0.1) is 36.8 Å². The van der Waals surface area contributed by atoms with Crippen LogP contribution in [0.15, 0.2) is 24.3 Å². The molecule has 124 valence electrons. The quantitative estimate of drug-likeness (QED) is 0.806. The molecule has 1 amide bonds. The number of carboxylic acid groups (broad SMARTS) is 1. The number of aliphatic carboxylic acids is 1. The monoisotopic (exact) mass is 339 g/mol. The minimum atomic E-state index is -0.977. The summed E-state index contributed by atoms with van der Waals surface area (Å²) in [7, 11) is 2.92. The Balaban J connectivity index is 2.25. The topological polar surface area (TPSA) is 84.9 Å². The molecule has 1 aromatic rings. The van der Waals surface area contributed by atoms with Crippen molar-refractivity contribution < 1.29 is 24.2 Å². The fourth-order valence-corrected chi connectivity index (χ4v) is 2.79. The Kier molecular flexibility index (Phi) is 5.50. The predicted molar refractivity (Wildman–Crippen MR) is 86.2 cm³/mol. The van der Waals surface area contributed by atoms with Gasteiger partial charge < -0.3 is 19.9 Å². The van der Waals surface area contributed by atoms with Gasteiger partial charge in [0.15, 0.2) is 0 Å². The SMILES string of the molecule is COc1cc(NC(=O)[C@@H]2CC=CC[C@@H]2C(=O)O)c(OC)cc1Cl. The molecule has 7 heteroatoms. The lowest BCUT2D eigenvalue weighted by Crippen LogP contribution is -2.34. The van der Waals surface area contributed by atoms with E-state index in [-0.39, 0.29) is 5.91 Å². The Morgan fingerprint density at radius 1 is 1.13 bits per heavy atom. The highest BCUT2D eigenvalue weighted by Crippen LogP contribution is 2.37. The third-order valence-electron chi connectivity index (χ3n) is 3.82. The predicted octanol–water partition coefficient (Wildman–Crippen LogP) is 2.96. The maximum Gasteiger partial charge on any atom is 0.307 e. The Labute approximate surface area is 139 Å². The molecule has 1 aromatic carbocycles. The molecular weight excluding hydrogens is 322 g/mol. The lowest BCUT2D eigenvalue weighted by molar-refractivity contribution is -0.146. The molecule has 0 aliphatic heterocycles. The summed E-state index contributed by atoms with van der Waals surface area (Å²) in [5.74, 6) is -1.95. The van der Waals surface area contributed by atoms with Crippen molar-refractivity contribution in [1.82, 2.24) is 0 Å². The Bertz CT molecular complexity index is 644. The summed E-state index contributed by atoms with van der Waals surface area (Å²) in [4.78, 5) is 23.8. The number of methoxy groups -OCH3 is 2. The fraction of sp³-hybridized carbons (Fsp3) is 0.375. The van der Waals surface area contributed by atoms with E-state index in [4.69, 9.17) is 21.1 Å². The number of carboxylic acids is 1. The molecule has 0 heterocycles. The van der Waals surface area contributed by atoms with E-state index < -0.39 is 17.8 Å². The van der Waals surface area contributed by atoms with Crippen LogP contribution in [0.4, 0.5) is 5.69 Å². The highest BCUT2D eigenvalue weighted by atomic mass is 35.5. The van der Waals surface area contributed by atoms with Crippen LogP contribution < -0.4 is 14.8 Å². The second kappa shape index (κ2) is 7.37. The van der Waals surface area contributed by atoms with E-state index >= 15 is 0 Å². The molecule has 2 atom stereocenters. The average molecular weight is 340 g/mol. The molecule has 0 fully saturated rings. The van der Waals surface area contributed by atoms with Crippen LogP contribution in [-0.4, -0.2) is 31.2 Å². The van der Waals surface area contributed by atoms with Crippen molar-refractivity contribution in [2.45, 2.75) is 12.8 Å². The zero-order valence-corrected chi connectivity index (χ0v) is 13.6. The van der Waals surface area contributed by atoms with Crippen molar-refractivity contribution in [2.24, 2.45) is 11.8 Å². The smallest absolute Gasteiger partial charge is 0.307 e. The lowest BCUT2D eigenvalue weighted by Gasteiger charge is -2.24. The maximum atomic E-state index is 12.5. The van der Waals surface area contributed by atoms with Gasteiger partial charge in [-0.3, -0.25) is 9.59 Å². The first-order valence-corrected chi connectivity index (χ1v) is 7.46. The molecule has 1 aliphatic carbocycles. The number of hydrogen-bond donors (Lipinski definition) is 2. The highest BCUT2D eigenvalue weighted by molar-refractivity contribution is 6.32. The molecule has 6 nitrogen and oxygen atoms in total. The van der Waals surface area contributed by atoms with Gasteiger partial charge in [-0.1, -0.05) is 23.8 Å². The second-order valence-corrected chi connectivity index (χ2v) is 5.58. The first kappa shape index (κ1) is 17.1. The Morgan fingerprint density at radius 2 is 1.74 bits per heavy atom. The maximum absolute atomic E-state index is 12.5. The summed E-state index contributed by atoms with van der Waals surface area (Å²) in [6.45, 7) is 0. The number of anilines is 1. The number of nitrogens with one attached hydrogen (secondary N) is 1. The van der Waals surface area contributed by atoms with Gasteiger partial charge in [0.2, 0.25) is 5.91 Å². The lowest BCUT2D eigenvalue weighted by atomic mass is 9.82.